The highest BCUT2D eigenvalue weighted by molar-refractivity contribution is 6.08. The molecule has 0 fully saturated rings. The Bertz CT molecular complexity index is 1300. The average Bonchev–Trinajstić information content (AvgIpc) is 2.82. The first kappa shape index (κ1) is 23.5. The monoisotopic (exact) mass is 457 g/mol. The van der Waals surface area contributed by atoms with Crippen molar-refractivity contribution in [2.24, 2.45) is 0 Å². The van der Waals surface area contributed by atoms with Gasteiger partial charge in [-0.3, -0.25) is 9.78 Å². The molecule has 1 unspecified atom stereocenters. The summed E-state index contributed by atoms with van der Waals surface area (Å²) in [7, 11) is 0. The molecule has 0 aliphatic rings. The van der Waals surface area contributed by atoms with Crippen LogP contribution in [0.5, 0.6) is 5.75 Å². The van der Waals surface area contributed by atoms with E-state index >= 15 is 0 Å². The summed E-state index contributed by atoms with van der Waals surface area (Å²) in [5.74, 6) is 0.524. The predicted octanol–water partition coefficient (Wildman–Crippen LogP) is 5.87. The van der Waals surface area contributed by atoms with Gasteiger partial charge in [0.05, 0.1) is 11.6 Å². The summed E-state index contributed by atoms with van der Waals surface area (Å²) in [6, 6.07) is 16.6. The van der Waals surface area contributed by atoms with Gasteiger partial charge in [0.25, 0.3) is 0 Å². The van der Waals surface area contributed by atoms with Gasteiger partial charge < -0.3 is 15.6 Å². The van der Waals surface area contributed by atoms with E-state index in [1.54, 1.807) is 0 Å². The number of aromatic nitrogens is 2. The van der Waals surface area contributed by atoms with Crippen LogP contribution >= 0.6 is 0 Å². The Kier molecular flexibility index (Phi) is 7.26. The fourth-order valence-corrected chi connectivity index (χ4v) is 4.24. The topological polar surface area (TPSA) is 98.3 Å². The number of nitrogens with two attached hydrogens (primary N) is 1. The number of nitrogen functional groups attached to an aromatic ring is 1. The van der Waals surface area contributed by atoms with Crippen LogP contribution in [-0.2, 0) is 17.6 Å². The van der Waals surface area contributed by atoms with Gasteiger partial charge in [-0.05, 0) is 80.0 Å². The summed E-state index contributed by atoms with van der Waals surface area (Å²) in [6.07, 6.45) is 6.09. The summed E-state index contributed by atoms with van der Waals surface area (Å²) in [5, 5.41) is 10.9. The molecule has 6 nitrogen and oxygen atoms in total. The zero-order valence-electron chi connectivity index (χ0n) is 19.8. The SMILES string of the molecule is CCC(CCCC(=O)O)Oc1ccc(CCc2cnc3c(N)nc4cc(C)ccc4c3c2)cc1. The minimum atomic E-state index is -0.760. The molecule has 0 saturated heterocycles. The molecular weight excluding hydrogens is 426 g/mol. The molecule has 0 aliphatic heterocycles. The molecule has 0 saturated carbocycles. The molecule has 1 atom stereocenters. The molecule has 0 radical (unpaired) electrons. The molecule has 34 heavy (non-hydrogen) atoms. The Morgan fingerprint density at radius 2 is 1.82 bits per heavy atom. The van der Waals surface area contributed by atoms with Gasteiger partial charge in [-0.2, -0.15) is 0 Å². The number of benzene rings is 2. The largest absolute Gasteiger partial charge is 0.490 e. The van der Waals surface area contributed by atoms with E-state index in [0.29, 0.717) is 12.2 Å². The number of carboxylic acid groups (broad SMARTS) is 1. The van der Waals surface area contributed by atoms with E-state index in [0.717, 1.165) is 64.4 Å². The first-order chi connectivity index (χ1) is 16.4. The van der Waals surface area contributed by atoms with E-state index in [9.17, 15) is 4.79 Å². The Morgan fingerprint density at radius 1 is 1.06 bits per heavy atom. The van der Waals surface area contributed by atoms with Crippen molar-refractivity contribution in [3.05, 3.63) is 71.4 Å². The second-order valence-electron chi connectivity index (χ2n) is 8.84. The third kappa shape index (κ3) is 5.63. The van der Waals surface area contributed by atoms with E-state index in [4.69, 9.17) is 15.6 Å². The smallest absolute Gasteiger partial charge is 0.303 e. The second kappa shape index (κ2) is 10.5. The van der Waals surface area contributed by atoms with Crippen LogP contribution in [0.3, 0.4) is 0 Å². The first-order valence-corrected chi connectivity index (χ1v) is 11.8. The fraction of sp³-hybridized carbons (Fsp3) is 0.321. The van der Waals surface area contributed by atoms with Gasteiger partial charge in [0.2, 0.25) is 0 Å². The molecule has 0 amide bonds. The molecule has 0 aliphatic carbocycles. The normalized spacial score (nSPS) is 12.2. The number of carbonyl (C=O) groups is 1. The molecule has 6 heteroatoms. The van der Waals surface area contributed by atoms with E-state index in [1.807, 2.05) is 25.3 Å². The minimum Gasteiger partial charge on any atom is -0.490 e. The lowest BCUT2D eigenvalue weighted by molar-refractivity contribution is -0.137. The average molecular weight is 458 g/mol. The van der Waals surface area contributed by atoms with Crippen molar-refractivity contribution in [3.63, 3.8) is 0 Å². The number of pyridine rings is 2. The van der Waals surface area contributed by atoms with Crippen LogP contribution in [0, 0.1) is 6.92 Å². The van der Waals surface area contributed by atoms with E-state index in [-0.39, 0.29) is 12.5 Å². The van der Waals surface area contributed by atoms with Crippen LogP contribution in [-0.4, -0.2) is 27.1 Å². The number of ether oxygens (including phenoxy) is 1. The molecule has 2 heterocycles. The number of aliphatic carboxylic acids is 1. The highest BCUT2D eigenvalue weighted by Crippen LogP contribution is 2.28. The lowest BCUT2D eigenvalue weighted by Gasteiger charge is -2.17. The standard InChI is InChI=1S/C28H31N3O3/c1-3-21(5-4-6-26(32)33)34-22-12-10-19(11-13-22)8-9-20-16-24-23-14-7-18(2)15-25(23)31-28(29)27(24)30-17-20/h7,10-17,21H,3-6,8-9H2,1-2H3,(H2,29,31)(H,32,33). The van der Waals surface area contributed by atoms with E-state index in [1.165, 1.54) is 5.56 Å². The number of fused-ring (bicyclic) bond motifs is 3. The molecule has 0 spiro atoms. The molecule has 0 bridgehead atoms. The Labute approximate surface area is 199 Å². The number of anilines is 1. The summed E-state index contributed by atoms with van der Waals surface area (Å²) in [5.41, 5.74) is 11.4. The van der Waals surface area contributed by atoms with Crippen molar-refractivity contribution in [3.8, 4) is 5.75 Å². The van der Waals surface area contributed by atoms with Crippen molar-refractivity contribution >= 4 is 33.6 Å². The third-order valence-electron chi connectivity index (χ3n) is 6.17. The van der Waals surface area contributed by atoms with Crippen molar-refractivity contribution in [2.45, 2.75) is 58.5 Å². The minimum absolute atomic E-state index is 0.0365. The van der Waals surface area contributed by atoms with Crippen molar-refractivity contribution in [1.82, 2.24) is 9.97 Å². The third-order valence-corrected chi connectivity index (χ3v) is 6.17. The van der Waals surface area contributed by atoms with E-state index < -0.39 is 5.97 Å². The number of nitrogens with zero attached hydrogens (tertiary/aromatic N) is 2. The highest BCUT2D eigenvalue weighted by atomic mass is 16.5. The Balaban J connectivity index is 1.42. The number of hydrogen-bond acceptors (Lipinski definition) is 5. The van der Waals surface area contributed by atoms with Crippen LogP contribution in [0.1, 0.15) is 49.3 Å². The number of rotatable bonds is 10. The molecule has 3 N–H and O–H groups in total. The summed E-state index contributed by atoms with van der Waals surface area (Å²) in [4.78, 5) is 19.9. The second-order valence-corrected chi connectivity index (χ2v) is 8.84. The van der Waals surface area contributed by atoms with Crippen molar-refractivity contribution in [2.75, 3.05) is 5.73 Å². The summed E-state index contributed by atoms with van der Waals surface area (Å²) in [6.45, 7) is 4.11. The Morgan fingerprint density at radius 3 is 2.56 bits per heavy atom. The van der Waals surface area contributed by atoms with Gasteiger partial charge >= 0.3 is 5.97 Å². The Hall–Kier alpha value is -3.67. The van der Waals surface area contributed by atoms with Crippen LogP contribution in [0.15, 0.2) is 54.7 Å². The molecule has 4 rings (SSSR count). The maximum absolute atomic E-state index is 10.7. The van der Waals surface area contributed by atoms with Crippen molar-refractivity contribution < 1.29 is 14.6 Å². The van der Waals surface area contributed by atoms with Crippen LogP contribution in [0.2, 0.25) is 0 Å². The lowest BCUT2D eigenvalue weighted by Crippen LogP contribution is -2.15. The predicted molar refractivity (Wildman–Crippen MR) is 136 cm³/mol. The number of carboxylic acids is 1. The summed E-state index contributed by atoms with van der Waals surface area (Å²) < 4.78 is 6.05. The number of aryl methyl sites for hydroxylation is 3. The van der Waals surface area contributed by atoms with Gasteiger partial charge in [-0.25, -0.2) is 4.98 Å². The molecule has 4 aromatic rings. The highest BCUT2D eigenvalue weighted by Gasteiger charge is 2.11. The lowest BCUT2D eigenvalue weighted by atomic mass is 10.0. The first-order valence-electron chi connectivity index (χ1n) is 11.8. The molecule has 2 aromatic heterocycles. The maximum Gasteiger partial charge on any atom is 0.303 e. The van der Waals surface area contributed by atoms with Crippen LogP contribution < -0.4 is 10.5 Å². The van der Waals surface area contributed by atoms with E-state index in [2.05, 4.69) is 53.3 Å². The molecular formula is C28H31N3O3. The fourth-order valence-electron chi connectivity index (χ4n) is 4.24. The van der Waals surface area contributed by atoms with Crippen LogP contribution in [0.4, 0.5) is 5.82 Å². The zero-order chi connectivity index (χ0) is 24.1. The van der Waals surface area contributed by atoms with Gasteiger partial charge in [-0.15, -0.1) is 0 Å². The van der Waals surface area contributed by atoms with Gasteiger partial charge in [0.1, 0.15) is 11.3 Å². The van der Waals surface area contributed by atoms with Gasteiger partial charge in [-0.1, -0.05) is 31.2 Å². The van der Waals surface area contributed by atoms with Gasteiger partial charge in [0.15, 0.2) is 5.82 Å². The number of hydrogen-bond donors (Lipinski definition) is 2. The molecule has 176 valence electrons. The van der Waals surface area contributed by atoms with Crippen LogP contribution in [0.25, 0.3) is 21.8 Å². The quantitative estimate of drug-likeness (QED) is 0.289. The summed E-state index contributed by atoms with van der Waals surface area (Å²) >= 11 is 0. The molecule has 2 aromatic carbocycles. The zero-order valence-corrected chi connectivity index (χ0v) is 19.8. The van der Waals surface area contributed by atoms with Gasteiger partial charge in [0, 0.05) is 23.4 Å². The maximum atomic E-state index is 10.7. The van der Waals surface area contributed by atoms with Crippen molar-refractivity contribution in [1.29, 1.82) is 0 Å².